The predicted octanol–water partition coefficient (Wildman–Crippen LogP) is 3.14. The molecule has 2 aromatic carbocycles. The summed E-state index contributed by atoms with van der Waals surface area (Å²) < 4.78 is 5.96. The minimum absolute atomic E-state index is 0. The Morgan fingerprint density at radius 3 is 2.61 bits per heavy atom. The van der Waals surface area contributed by atoms with Gasteiger partial charge in [0, 0.05) is 39.5 Å². The summed E-state index contributed by atoms with van der Waals surface area (Å²) in [5, 5.41) is 6.63. The number of benzene rings is 2. The van der Waals surface area contributed by atoms with Gasteiger partial charge in [0.15, 0.2) is 5.96 Å². The van der Waals surface area contributed by atoms with Crippen LogP contribution in [-0.4, -0.2) is 49.6 Å². The van der Waals surface area contributed by atoms with Crippen LogP contribution in [0.3, 0.4) is 0 Å². The van der Waals surface area contributed by atoms with E-state index in [0.29, 0.717) is 19.5 Å². The minimum atomic E-state index is 0. The first-order valence-electron chi connectivity index (χ1n) is 10.8. The summed E-state index contributed by atoms with van der Waals surface area (Å²) in [6.45, 7) is 2.95. The van der Waals surface area contributed by atoms with Crippen molar-refractivity contribution in [1.82, 2.24) is 15.5 Å². The molecule has 2 aromatic rings. The molecule has 2 heterocycles. The zero-order valence-corrected chi connectivity index (χ0v) is 20.3. The number of hydrogen-bond donors (Lipinski definition) is 2. The zero-order chi connectivity index (χ0) is 20.8. The molecule has 0 fully saturated rings. The van der Waals surface area contributed by atoms with Crippen LogP contribution in [0.4, 0.5) is 0 Å². The van der Waals surface area contributed by atoms with Crippen molar-refractivity contribution in [2.24, 2.45) is 4.99 Å². The molecule has 0 spiro atoms. The normalized spacial score (nSPS) is 17.1. The Kier molecular flexibility index (Phi) is 8.57. The molecule has 1 atom stereocenters. The molecule has 0 saturated heterocycles. The molecule has 2 aliphatic heterocycles. The maximum atomic E-state index is 12.6. The van der Waals surface area contributed by atoms with Crippen LogP contribution in [0.15, 0.2) is 53.5 Å². The molecule has 166 valence electrons. The minimum Gasteiger partial charge on any atom is -0.488 e. The summed E-state index contributed by atoms with van der Waals surface area (Å²) in [6, 6.07) is 16.6. The molecule has 0 aliphatic carbocycles. The van der Waals surface area contributed by atoms with E-state index in [9.17, 15) is 4.79 Å². The first kappa shape index (κ1) is 23.4. The molecule has 0 radical (unpaired) electrons. The van der Waals surface area contributed by atoms with E-state index in [1.165, 1.54) is 16.7 Å². The molecular formula is C24H31IN4O2. The van der Waals surface area contributed by atoms with Crippen molar-refractivity contribution in [3.63, 3.8) is 0 Å². The highest BCUT2D eigenvalue weighted by molar-refractivity contribution is 14.0. The average molecular weight is 534 g/mol. The van der Waals surface area contributed by atoms with Crippen molar-refractivity contribution in [3.05, 3.63) is 65.2 Å². The second-order valence-corrected chi connectivity index (χ2v) is 7.87. The number of hydrogen-bond acceptors (Lipinski definition) is 3. The third kappa shape index (κ3) is 6.12. The lowest BCUT2D eigenvalue weighted by Crippen LogP contribution is -2.42. The van der Waals surface area contributed by atoms with Crippen LogP contribution in [0.25, 0.3) is 0 Å². The molecule has 6 nitrogen and oxygen atoms in total. The summed E-state index contributed by atoms with van der Waals surface area (Å²) in [4.78, 5) is 18.8. The number of nitrogens with one attached hydrogen (secondary N) is 2. The molecule has 1 unspecified atom stereocenters. The summed E-state index contributed by atoms with van der Waals surface area (Å²) in [5.74, 6) is 1.95. The van der Waals surface area contributed by atoms with Gasteiger partial charge in [-0.05, 0) is 35.6 Å². The Bertz CT molecular complexity index is 893. The van der Waals surface area contributed by atoms with Gasteiger partial charge in [-0.25, -0.2) is 0 Å². The van der Waals surface area contributed by atoms with E-state index in [1.807, 2.05) is 29.2 Å². The van der Waals surface area contributed by atoms with Gasteiger partial charge in [0.1, 0.15) is 11.9 Å². The van der Waals surface area contributed by atoms with Gasteiger partial charge < -0.3 is 20.3 Å². The van der Waals surface area contributed by atoms with Gasteiger partial charge in [0.05, 0.1) is 6.54 Å². The van der Waals surface area contributed by atoms with Crippen LogP contribution in [-0.2, 0) is 24.2 Å². The molecule has 2 aliphatic rings. The van der Waals surface area contributed by atoms with E-state index < -0.39 is 0 Å². The number of carbonyl (C=O) groups is 1. The van der Waals surface area contributed by atoms with Gasteiger partial charge in [0.25, 0.3) is 0 Å². The molecule has 2 N–H and O–H groups in total. The van der Waals surface area contributed by atoms with Gasteiger partial charge in [-0.15, -0.1) is 24.0 Å². The number of carbonyl (C=O) groups excluding carboxylic acids is 1. The van der Waals surface area contributed by atoms with Crippen molar-refractivity contribution in [1.29, 1.82) is 0 Å². The van der Waals surface area contributed by atoms with Crippen molar-refractivity contribution in [2.75, 3.05) is 26.7 Å². The highest BCUT2D eigenvalue weighted by Gasteiger charge is 2.22. The summed E-state index contributed by atoms with van der Waals surface area (Å²) >= 11 is 0. The molecule has 4 rings (SSSR count). The van der Waals surface area contributed by atoms with Gasteiger partial charge in [0.2, 0.25) is 5.91 Å². The third-order valence-corrected chi connectivity index (χ3v) is 5.78. The molecule has 7 heteroatoms. The summed E-state index contributed by atoms with van der Waals surface area (Å²) in [6.07, 6.45) is 3.30. The number of aliphatic imine (C=N–C) groups is 1. The number of ether oxygens (including phenoxy) is 1. The van der Waals surface area contributed by atoms with Gasteiger partial charge in [-0.1, -0.05) is 42.5 Å². The average Bonchev–Trinajstić information content (AvgIpc) is 3.21. The van der Waals surface area contributed by atoms with Gasteiger partial charge in [-0.3, -0.25) is 9.79 Å². The largest absolute Gasteiger partial charge is 0.488 e. The molecule has 31 heavy (non-hydrogen) atoms. The molecule has 0 bridgehead atoms. The van der Waals surface area contributed by atoms with E-state index in [2.05, 4.69) is 39.9 Å². The summed E-state index contributed by atoms with van der Waals surface area (Å²) in [7, 11) is 1.76. The fraction of sp³-hybridized carbons (Fsp3) is 0.417. The smallest absolute Gasteiger partial charge is 0.222 e. The Morgan fingerprint density at radius 1 is 1.10 bits per heavy atom. The number of rotatable bonds is 6. The second kappa shape index (κ2) is 11.4. The van der Waals surface area contributed by atoms with Crippen LogP contribution < -0.4 is 15.4 Å². The number of fused-ring (bicyclic) bond motifs is 2. The molecule has 1 amide bonds. The van der Waals surface area contributed by atoms with E-state index in [0.717, 1.165) is 44.1 Å². The van der Waals surface area contributed by atoms with Crippen molar-refractivity contribution >= 4 is 35.8 Å². The van der Waals surface area contributed by atoms with E-state index in [4.69, 9.17) is 4.74 Å². The van der Waals surface area contributed by atoms with Crippen LogP contribution in [0.2, 0.25) is 0 Å². The van der Waals surface area contributed by atoms with Crippen LogP contribution in [0, 0.1) is 0 Å². The number of guanidine groups is 1. The summed E-state index contributed by atoms with van der Waals surface area (Å²) in [5.41, 5.74) is 3.90. The monoisotopic (exact) mass is 534 g/mol. The Balaban J connectivity index is 0.00000272. The maximum absolute atomic E-state index is 12.6. The lowest BCUT2D eigenvalue weighted by atomic mass is 9.99. The highest BCUT2D eigenvalue weighted by atomic mass is 127. The van der Waals surface area contributed by atoms with Crippen LogP contribution in [0.1, 0.15) is 29.5 Å². The van der Waals surface area contributed by atoms with Crippen LogP contribution in [0.5, 0.6) is 5.75 Å². The molecular weight excluding hydrogens is 503 g/mol. The van der Waals surface area contributed by atoms with Gasteiger partial charge >= 0.3 is 0 Å². The second-order valence-electron chi connectivity index (χ2n) is 7.87. The first-order valence-corrected chi connectivity index (χ1v) is 10.8. The van der Waals surface area contributed by atoms with E-state index in [1.54, 1.807) is 7.05 Å². The third-order valence-electron chi connectivity index (χ3n) is 5.78. The Labute approximate surface area is 201 Å². The van der Waals surface area contributed by atoms with Crippen molar-refractivity contribution in [3.8, 4) is 5.75 Å². The predicted molar refractivity (Wildman–Crippen MR) is 134 cm³/mol. The van der Waals surface area contributed by atoms with E-state index in [-0.39, 0.29) is 36.0 Å². The standard InChI is InChI=1S/C24H30N4O2.HI/c1-25-24(27-16-21-15-19-8-4-5-10-22(19)30-21)26-13-6-11-23(29)28-14-12-18-7-2-3-9-20(18)17-28;/h2-5,7-10,21H,6,11-17H2,1H3,(H2,25,26,27);1H. The Hall–Kier alpha value is -2.29. The zero-order valence-electron chi connectivity index (χ0n) is 18.0. The topological polar surface area (TPSA) is 66.0 Å². The maximum Gasteiger partial charge on any atom is 0.222 e. The fourth-order valence-electron chi connectivity index (χ4n) is 4.11. The van der Waals surface area contributed by atoms with Gasteiger partial charge in [-0.2, -0.15) is 0 Å². The van der Waals surface area contributed by atoms with Crippen LogP contribution >= 0.6 is 24.0 Å². The molecule has 0 saturated carbocycles. The van der Waals surface area contributed by atoms with Crippen molar-refractivity contribution < 1.29 is 9.53 Å². The number of nitrogens with zero attached hydrogens (tertiary/aromatic N) is 2. The number of amides is 1. The SMILES string of the molecule is CN=C(NCCCC(=O)N1CCc2ccccc2C1)NCC1Cc2ccccc2O1.I. The fourth-order valence-corrected chi connectivity index (χ4v) is 4.11. The quantitative estimate of drug-likeness (QED) is 0.259. The molecule has 0 aromatic heterocycles. The lowest BCUT2D eigenvalue weighted by Gasteiger charge is -2.29. The number of halogens is 1. The van der Waals surface area contributed by atoms with Crippen molar-refractivity contribution in [2.45, 2.75) is 38.3 Å². The van der Waals surface area contributed by atoms with E-state index >= 15 is 0 Å². The first-order chi connectivity index (χ1) is 14.7. The highest BCUT2D eigenvalue weighted by Crippen LogP contribution is 2.27. The Morgan fingerprint density at radius 2 is 1.84 bits per heavy atom. The number of para-hydroxylation sites is 1. The lowest BCUT2D eigenvalue weighted by molar-refractivity contribution is -0.132.